The van der Waals surface area contributed by atoms with Gasteiger partial charge in [0.2, 0.25) is 0 Å². The van der Waals surface area contributed by atoms with Crippen molar-refractivity contribution in [1.82, 2.24) is 0 Å². The Balaban J connectivity index is 2.47. The van der Waals surface area contributed by atoms with Gasteiger partial charge in [-0.15, -0.1) is 0 Å². The van der Waals surface area contributed by atoms with Crippen molar-refractivity contribution >= 4 is 16.6 Å². The Bertz CT molecular complexity index is 376. The molecule has 22 heavy (non-hydrogen) atoms. The van der Waals surface area contributed by atoms with E-state index < -0.39 is 16.6 Å². The lowest BCUT2D eigenvalue weighted by molar-refractivity contribution is 0.233. The predicted octanol–water partition coefficient (Wildman–Crippen LogP) is 5.83. The summed E-state index contributed by atoms with van der Waals surface area (Å²) in [7, 11) is -3.30. The minimum atomic E-state index is -1.65. The molecule has 0 N–H and O–H groups in total. The molecule has 0 amide bonds. The molecule has 0 spiro atoms. The third kappa shape index (κ3) is 4.56. The lowest BCUT2D eigenvalue weighted by Crippen LogP contribution is -2.42. The molecule has 0 saturated heterocycles. The first-order chi connectivity index (χ1) is 9.60. The molecule has 2 atom stereocenters. The molecule has 0 radical (unpaired) electrons. The average molecular weight is 343 g/mol. The van der Waals surface area contributed by atoms with Crippen LogP contribution in [0, 0.1) is 11.8 Å². The maximum atomic E-state index is 6.35. The van der Waals surface area contributed by atoms with Crippen LogP contribution in [0.3, 0.4) is 0 Å². The molecule has 4 heteroatoms. The zero-order chi connectivity index (χ0) is 17.6. The van der Waals surface area contributed by atoms with Gasteiger partial charge in [-0.3, -0.25) is 0 Å². The third-order valence-electron chi connectivity index (χ3n) is 6.19. The van der Waals surface area contributed by atoms with Crippen LogP contribution in [0.25, 0.3) is 0 Å². The van der Waals surface area contributed by atoms with E-state index in [1.54, 1.807) is 0 Å². The summed E-state index contributed by atoms with van der Waals surface area (Å²) in [6.07, 6.45) is 0. The van der Waals surface area contributed by atoms with Crippen LogP contribution in [-0.2, 0) is 8.85 Å². The van der Waals surface area contributed by atoms with Crippen molar-refractivity contribution in [3.05, 3.63) is 12.2 Å². The summed E-state index contributed by atoms with van der Waals surface area (Å²) in [4.78, 5) is 0. The lowest BCUT2D eigenvalue weighted by Gasteiger charge is -2.36. The van der Waals surface area contributed by atoms with Gasteiger partial charge in [-0.1, -0.05) is 53.7 Å². The van der Waals surface area contributed by atoms with E-state index in [0.717, 1.165) is 13.2 Å². The highest BCUT2D eigenvalue weighted by Gasteiger charge is 2.47. The summed E-state index contributed by atoms with van der Waals surface area (Å²) in [5.41, 5.74) is 1.33. The van der Waals surface area contributed by atoms with Gasteiger partial charge in [0.15, 0.2) is 16.6 Å². The summed E-state index contributed by atoms with van der Waals surface area (Å²) in [5, 5.41) is 0.548. The maximum absolute atomic E-state index is 6.35. The molecule has 1 saturated carbocycles. The Labute approximate surface area is 140 Å². The molecule has 2 nitrogen and oxygen atoms in total. The maximum Gasteiger partial charge on any atom is 0.192 e. The molecule has 0 unspecified atom stereocenters. The van der Waals surface area contributed by atoms with Gasteiger partial charge in [0.1, 0.15) is 0 Å². The van der Waals surface area contributed by atoms with Gasteiger partial charge < -0.3 is 8.85 Å². The third-order valence-corrected chi connectivity index (χ3v) is 15.2. The minimum absolute atomic E-state index is 0.274. The van der Waals surface area contributed by atoms with Crippen LogP contribution in [0.5, 0.6) is 0 Å². The fourth-order valence-electron chi connectivity index (χ4n) is 1.92. The van der Waals surface area contributed by atoms with Gasteiger partial charge in [-0.2, -0.15) is 0 Å². The molecule has 0 aromatic carbocycles. The van der Waals surface area contributed by atoms with Gasteiger partial charge in [0, 0.05) is 25.0 Å². The zero-order valence-electron chi connectivity index (χ0n) is 16.6. The molecule has 0 aliphatic heterocycles. The molecule has 1 aliphatic rings. The minimum Gasteiger partial charge on any atom is -0.416 e. The molecule has 1 rings (SSSR count). The Morgan fingerprint density at radius 3 is 1.27 bits per heavy atom. The summed E-state index contributed by atoms with van der Waals surface area (Å²) < 4.78 is 12.7. The Hall–Kier alpha value is 0.0938. The Morgan fingerprint density at radius 2 is 1.05 bits per heavy atom. The first-order valence-electron chi connectivity index (χ1n) is 8.57. The average Bonchev–Trinajstić information content (AvgIpc) is 2.91. The summed E-state index contributed by atoms with van der Waals surface area (Å²) in [6, 6.07) is 0. The molecule has 1 fully saturated rings. The van der Waals surface area contributed by atoms with Crippen LogP contribution < -0.4 is 0 Å². The van der Waals surface area contributed by atoms with Crippen LogP contribution in [0.15, 0.2) is 12.2 Å². The fourth-order valence-corrected chi connectivity index (χ4v) is 3.98. The van der Waals surface area contributed by atoms with Crippen LogP contribution in [0.1, 0.15) is 41.5 Å². The van der Waals surface area contributed by atoms with Crippen molar-refractivity contribution in [1.29, 1.82) is 0 Å². The summed E-state index contributed by atoms with van der Waals surface area (Å²) in [5.74, 6) is 1.03. The van der Waals surface area contributed by atoms with Gasteiger partial charge in [-0.05, 0) is 36.3 Å². The van der Waals surface area contributed by atoms with E-state index >= 15 is 0 Å². The molecule has 0 aromatic heterocycles. The van der Waals surface area contributed by atoms with Crippen LogP contribution in [0.4, 0.5) is 0 Å². The second kappa shape index (κ2) is 6.19. The highest BCUT2D eigenvalue weighted by atomic mass is 28.4. The Morgan fingerprint density at radius 1 is 0.773 bits per heavy atom. The highest BCUT2D eigenvalue weighted by Crippen LogP contribution is 2.48. The first kappa shape index (κ1) is 20.1. The topological polar surface area (TPSA) is 18.5 Å². The lowest BCUT2D eigenvalue weighted by atomic mass is 10.2. The van der Waals surface area contributed by atoms with E-state index in [0.29, 0.717) is 11.8 Å². The zero-order valence-corrected chi connectivity index (χ0v) is 18.6. The molecular formula is C18H38O2Si2. The normalized spacial score (nSPS) is 23.8. The molecule has 0 heterocycles. The monoisotopic (exact) mass is 342 g/mol. The highest BCUT2D eigenvalue weighted by molar-refractivity contribution is 6.74. The molecule has 1 aliphatic carbocycles. The van der Waals surface area contributed by atoms with E-state index in [2.05, 4.69) is 74.3 Å². The van der Waals surface area contributed by atoms with Gasteiger partial charge in [0.25, 0.3) is 0 Å². The first-order valence-corrected chi connectivity index (χ1v) is 14.4. The van der Waals surface area contributed by atoms with Gasteiger partial charge in [-0.25, -0.2) is 0 Å². The van der Waals surface area contributed by atoms with Crippen molar-refractivity contribution in [2.45, 2.75) is 77.8 Å². The smallest absolute Gasteiger partial charge is 0.192 e. The predicted molar refractivity (Wildman–Crippen MR) is 102 cm³/mol. The number of rotatable bonds is 6. The van der Waals surface area contributed by atoms with Crippen molar-refractivity contribution in [3.63, 3.8) is 0 Å². The standard InChI is InChI=1S/C18H38O2Si2/c1-14-15(12-19-21(8,9)17(2,3)4)16(14)13-20-22(10,11)18(5,6)7/h15-16H,1,12-13H2,2-11H3/t15-,16+. The van der Waals surface area contributed by atoms with E-state index in [9.17, 15) is 0 Å². The molecule has 0 aromatic rings. The molecular weight excluding hydrogens is 304 g/mol. The molecule has 130 valence electrons. The van der Waals surface area contributed by atoms with Crippen molar-refractivity contribution in [2.75, 3.05) is 13.2 Å². The SMILES string of the molecule is C=C1[C@@H](CO[Si](C)(C)C(C)(C)C)[C@H]1CO[Si](C)(C)C(C)(C)C. The van der Waals surface area contributed by atoms with Crippen molar-refractivity contribution in [2.24, 2.45) is 11.8 Å². The van der Waals surface area contributed by atoms with Crippen molar-refractivity contribution < 1.29 is 8.85 Å². The number of hydrogen-bond donors (Lipinski definition) is 0. The van der Waals surface area contributed by atoms with E-state index in [4.69, 9.17) is 8.85 Å². The van der Waals surface area contributed by atoms with Crippen LogP contribution in [0.2, 0.25) is 36.3 Å². The molecule has 0 bridgehead atoms. The number of hydrogen-bond acceptors (Lipinski definition) is 2. The van der Waals surface area contributed by atoms with E-state index in [1.165, 1.54) is 5.57 Å². The summed E-state index contributed by atoms with van der Waals surface area (Å²) >= 11 is 0. The van der Waals surface area contributed by atoms with E-state index in [-0.39, 0.29) is 10.1 Å². The fraction of sp³-hybridized carbons (Fsp3) is 0.889. The van der Waals surface area contributed by atoms with Gasteiger partial charge in [0.05, 0.1) is 0 Å². The second-order valence-electron chi connectivity index (χ2n) is 9.93. The van der Waals surface area contributed by atoms with E-state index in [1.807, 2.05) is 0 Å². The van der Waals surface area contributed by atoms with Crippen molar-refractivity contribution in [3.8, 4) is 0 Å². The largest absolute Gasteiger partial charge is 0.416 e. The van der Waals surface area contributed by atoms with Crippen LogP contribution in [-0.4, -0.2) is 29.8 Å². The van der Waals surface area contributed by atoms with Crippen LogP contribution >= 0.6 is 0 Å². The summed E-state index contributed by atoms with van der Waals surface area (Å²) in [6.45, 7) is 28.9. The quantitative estimate of drug-likeness (QED) is 0.446. The van der Waals surface area contributed by atoms with Gasteiger partial charge >= 0.3 is 0 Å². The Kier molecular flexibility index (Phi) is 5.67. The second-order valence-corrected chi connectivity index (χ2v) is 19.5.